The maximum absolute atomic E-state index is 10.8. The molecule has 0 N–H and O–H groups in total. The Labute approximate surface area is 74.2 Å². The van der Waals surface area contributed by atoms with E-state index in [2.05, 4.69) is 13.8 Å². The highest BCUT2D eigenvalue weighted by Gasteiger charge is 2.49. The molecule has 3 nitrogen and oxygen atoms in total. The third kappa shape index (κ3) is 2.45. The van der Waals surface area contributed by atoms with Gasteiger partial charge in [-0.2, -0.15) is 8.42 Å². The van der Waals surface area contributed by atoms with Crippen molar-refractivity contribution in [3.8, 4) is 0 Å². The first kappa shape index (κ1) is 9.99. The van der Waals surface area contributed by atoms with Gasteiger partial charge in [-0.3, -0.25) is 4.18 Å². The average Bonchev–Trinajstić information content (AvgIpc) is 2.35. The van der Waals surface area contributed by atoms with Crippen molar-refractivity contribution in [3.63, 3.8) is 0 Å². The minimum Gasteiger partial charge on any atom is -0.267 e. The van der Waals surface area contributed by atoms with E-state index in [9.17, 15) is 8.42 Å². The quantitative estimate of drug-likeness (QED) is 0.635. The molecule has 1 rings (SSSR count). The summed E-state index contributed by atoms with van der Waals surface area (Å²) in [4.78, 5) is 0. The minimum absolute atomic E-state index is 0.171. The lowest BCUT2D eigenvalue weighted by molar-refractivity contribution is 0.191. The zero-order chi connectivity index (χ0) is 9.57. The lowest BCUT2D eigenvalue weighted by Crippen LogP contribution is -2.18. The van der Waals surface area contributed by atoms with Gasteiger partial charge in [-0.25, -0.2) is 0 Å². The molecule has 72 valence electrons. The minimum atomic E-state index is -3.28. The second-order valence-electron chi connectivity index (χ2n) is 4.30. The molecule has 0 aromatic heterocycles. The standard InChI is InChI=1S/C8H16O3S/c1-6(11-12(4,9)10)7-5-8(7,2)3/h6-7H,5H2,1-4H3. The lowest BCUT2D eigenvalue weighted by Gasteiger charge is -2.11. The van der Waals surface area contributed by atoms with Gasteiger partial charge >= 0.3 is 0 Å². The van der Waals surface area contributed by atoms with Gasteiger partial charge in [-0.15, -0.1) is 0 Å². The molecule has 0 saturated heterocycles. The Morgan fingerprint density at radius 1 is 1.50 bits per heavy atom. The Bertz CT molecular complexity index is 266. The summed E-state index contributed by atoms with van der Waals surface area (Å²) >= 11 is 0. The molecule has 1 saturated carbocycles. The van der Waals surface area contributed by atoms with Crippen molar-refractivity contribution < 1.29 is 12.6 Å². The largest absolute Gasteiger partial charge is 0.267 e. The van der Waals surface area contributed by atoms with E-state index in [1.807, 2.05) is 6.92 Å². The molecule has 2 atom stereocenters. The summed E-state index contributed by atoms with van der Waals surface area (Å²) in [6, 6.07) is 0. The first-order valence-electron chi connectivity index (χ1n) is 4.11. The van der Waals surface area contributed by atoms with Crippen molar-refractivity contribution >= 4 is 10.1 Å². The van der Waals surface area contributed by atoms with Crippen LogP contribution >= 0.6 is 0 Å². The predicted molar refractivity (Wildman–Crippen MR) is 47.3 cm³/mol. The molecule has 0 aliphatic heterocycles. The van der Waals surface area contributed by atoms with Gasteiger partial charge in [-0.1, -0.05) is 13.8 Å². The summed E-state index contributed by atoms with van der Waals surface area (Å²) in [5.41, 5.74) is 0.268. The highest BCUT2D eigenvalue weighted by molar-refractivity contribution is 7.86. The smallest absolute Gasteiger partial charge is 0.264 e. The van der Waals surface area contributed by atoms with Crippen LogP contribution in [0.3, 0.4) is 0 Å². The summed E-state index contributed by atoms with van der Waals surface area (Å²) < 4.78 is 26.4. The zero-order valence-corrected chi connectivity index (χ0v) is 8.81. The molecule has 2 unspecified atom stereocenters. The molecule has 0 heterocycles. The lowest BCUT2D eigenvalue weighted by atomic mass is 10.1. The second-order valence-corrected chi connectivity index (χ2v) is 5.91. The van der Waals surface area contributed by atoms with Gasteiger partial charge in [0.2, 0.25) is 0 Å². The fourth-order valence-corrected chi connectivity index (χ4v) is 2.34. The first-order valence-corrected chi connectivity index (χ1v) is 5.92. The molecule has 1 aliphatic carbocycles. The van der Waals surface area contributed by atoms with Crippen LogP contribution in [0.25, 0.3) is 0 Å². The maximum Gasteiger partial charge on any atom is 0.264 e. The van der Waals surface area contributed by atoms with Gasteiger partial charge in [0.1, 0.15) is 0 Å². The number of hydrogen-bond acceptors (Lipinski definition) is 3. The van der Waals surface area contributed by atoms with Crippen molar-refractivity contribution in [2.75, 3.05) is 6.26 Å². The SMILES string of the molecule is CC(OS(C)(=O)=O)C1CC1(C)C. The van der Waals surface area contributed by atoms with E-state index >= 15 is 0 Å². The Balaban J connectivity index is 2.47. The van der Waals surface area contributed by atoms with Crippen LogP contribution in [0.1, 0.15) is 27.2 Å². The van der Waals surface area contributed by atoms with Crippen LogP contribution in [-0.4, -0.2) is 20.8 Å². The van der Waals surface area contributed by atoms with Gasteiger partial charge in [-0.05, 0) is 24.7 Å². The highest BCUT2D eigenvalue weighted by Crippen LogP contribution is 2.54. The predicted octanol–water partition coefficient (Wildman–Crippen LogP) is 1.40. The summed E-state index contributed by atoms with van der Waals surface area (Å²) in [5, 5.41) is 0. The van der Waals surface area contributed by atoms with Crippen molar-refractivity contribution in [3.05, 3.63) is 0 Å². The zero-order valence-electron chi connectivity index (χ0n) is 7.99. The van der Waals surface area contributed by atoms with Gasteiger partial charge < -0.3 is 0 Å². The van der Waals surface area contributed by atoms with Crippen LogP contribution in [0, 0.1) is 11.3 Å². The fraction of sp³-hybridized carbons (Fsp3) is 1.00. The van der Waals surface area contributed by atoms with Crippen LogP contribution in [0.2, 0.25) is 0 Å². The van der Waals surface area contributed by atoms with E-state index in [1.165, 1.54) is 0 Å². The summed E-state index contributed by atoms with van der Waals surface area (Å²) in [7, 11) is -3.28. The average molecular weight is 192 g/mol. The van der Waals surface area contributed by atoms with E-state index in [1.54, 1.807) is 0 Å². The molecule has 0 aromatic rings. The Hall–Kier alpha value is -0.0900. The second kappa shape index (κ2) is 2.70. The monoisotopic (exact) mass is 192 g/mol. The van der Waals surface area contributed by atoms with E-state index in [-0.39, 0.29) is 11.5 Å². The van der Waals surface area contributed by atoms with E-state index < -0.39 is 10.1 Å². The molecule has 4 heteroatoms. The van der Waals surface area contributed by atoms with Gasteiger partial charge in [0.25, 0.3) is 10.1 Å². The molecule has 12 heavy (non-hydrogen) atoms. The topological polar surface area (TPSA) is 43.4 Å². The van der Waals surface area contributed by atoms with Crippen LogP contribution in [-0.2, 0) is 14.3 Å². The number of hydrogen-bond donors (Lipinski definition) is 0. The van der Waals surface area contributed by atoms with E-state index in [4.69, 9.17) is 4.18 Å². The Morgan fingerprint density at radius 2 is 1.92 bits per heavy atom. The third-order valence-electron chi connectivity index (χ3n) is 2.48. The summed E-state index contributed by atoms with van der Waals surface area (Å²) in [6.07, 6.45) is 1.98. The molecule has 0 bridgehead atoms. The first-order chi connectivity index (χ1) is 5.22. The van der Waals surface area contributed by atoms with Crippen LogP contribution < -0.4 is 0 Å². The molecule has 0 radical (unpaired) electrons. The molecule has 0 aromatic carbocycles. The highest BCUT2D eigenvalue weighted by atomic mass is 32.2. The summed E-state index contributed by atoms with van der Waals surface area (Å²) in [5.74, 6) is 0.396. The molecular formula is C8H16O3S. The normalized spacial score (nSPS) is 29.8. The van der Waals surface area contributed by atoms with E-state index in [0.29, 0.717) is 5.92 Å². The van der Waals surface area contributed by atoms with Gasteiger partial charge in [0.05, 0.1) is 12.4 Å². The Morgan fingerprint density at radius 3 is 2.17 bits per heavy atom. The molecule has 1 fully saturated rings. The van der Waals surface area contributed by atoms with Crippen LogP contribution in [0.4, 0.5) is 0 Å². The van der Waals surface area contributed by atoms with Crippen molar-refractivity contribution in [1.29, 1.82) is 0 Å². The molecular weight excluding hydrogens is 176 g/mol. The van der Waals surface area contributed by atoms with Crippen LogP contribution in [0.5, 0.6) is 0 Å². The molecule has 0 spiro atoms. The third-order valence-corrected chi connectivity index (χ3v) is 3.14. The van der Waals surface area contributed by atoms with Gasteiger partial charge in [0.15, 0.2) is 0 Å². The van der Waals surface area contributed by atoms with Crippen molar-refractivity contribution in [1.82, 2.24) is 0 Å². The molecule has 0 amide bonds. The summed E-state index contributed by atoms with van der Waals surface area (Å²) in [6.45, 7) is 6.07. The fourth-order valence-electron chi connectivity index (χ4n) is 1.65. The molecule has 1 aliphatic rings. The van der Waals surface area contributed by atoms with Crippen LogP contribution in [0.15, 0.2) is 0 Å². The Kier molecular flexibility index (Phi) is 2.25. The van der Waals surface area contributed by atoms with Gasteiger partial charge in [0, 0.05) is 0 Å². The maximum atomic E-state index is 10.8. The van der Waals surface area contributed by atoms with Crippen molar-refractivity contribution in [2.45, 2.75) is 33.3 Å². The number of rotatable bonds is 3. The van der Waals surface area contributed by atoms with Crippen molar-refractivity contribution in [2.24, 2.45) is 11.3 Å². The van der Waals surface area contributed by atoms with E-state index in [0.717, 1.165) is 12.7 Å².